The molecule has 0 aliphatic carbocycles. The molecule has 0 spiro atoms. The second-order valence-corrected chi connectivity index (χ2v) is 7.24. The summed E-state index contributed by atoms with van der Waals surface area (Å²) < 4.78 is 22.8. The summed E-state index contributed by atoms with van der Waals surface area (Å²) in [7, 11) is 0. The lowest BCUT2D eigenvalue weighted by Gasteiger charge is -2.22. The first-order valence-corrected chi connectivity index (χ1v) is 9.69. The highest BCUT2D eigenvalue weighted by atomic mass is 16.5. The largest absolute Gasteiger partial charge is 0.490 e. The van der Waals surface area contributed by atoms with Crippen molar-refractivity contribution in [3.8, 4) is 23.0 Å². The minimum atomic E-state index is -0.471. The highest BCUT2D eigenvalue weighted by Gasteiger charge is 2.23. The molecule has 0 amide bonds. The molecule has 0 atom stereocenters. The lowest BCUT2D eigenvalue weighted by molar-refractivity contribution is 0.0730. The first-order valence-electron chi connectivity index (χ1n) is 9.69. The van der Waals surface area contributed by atoms with Gasteiger partial charge in [-0.25, -0.2) is 4.79 Å². The van der Waals surface area contributed by atoms with E-state index in [1.807, 2.05) is 39.0 Å². The first-order chi connectivity index (χ1) is 13.3. The zero-order valence-electron chi connectivity index (χ0n) is 17.6. The molecule has 28 heavy (non-hydrogen) atoms. The molecular formula is C23H30O5. The highest BCUT2D eigenvalue weighted by Crippen LogP contribution is 2.39. The molecule has 0 aromatic heterocycles. The van der Waals surface area contributed by atoms with Crippen LogP contribution in [-0.4, -0.2) is 25.8 Å². The van der Waals surface area contributed by atoms with Crippen molar-refractivity contribution in [3.05, 3.63) is 47.5 Å². The lowest BCUT2D eigenvalue weighted by atomic mass is 9.86. The van der Waals surface area contributed by atoms with E-state index in [0.29, 0.717) is 48.4 Å². The third-order valence-corrected chi connectivity index (χ3v) is 4.04. The molecule has 0 saturated carbocycles. The van der Waals surface area contributed by atoms with E-state index >= 15 is 0 Å². The summed E-state index contributed by atoms with van der Waals surface area (Å²) in [5, 5.41) is 0. The van der Waals surface area contributed by atoms with Crippen LogP contribution in [0.15, 0.2) is 36.4 Å². The number of carbonyl (C=O) groups is 1. The van der Waals surface area contributed by atoms with Crippen LogP contribution in [0.2, 0.25) is 0 Å². The fraction of sp³-hybridized carbons (Fsp3) is 0.435. The maximum Gasteiger partial charge on any atom is 0.343 e. The maximum atomic E-state index is 12.9. The van der Waals surface area contributed by atoms with Crippen molar-refractivity contribution in [3.63, 3.8) is 0 Å². The molecule has 0 saturated heterocycles. The molecule has 2 rings (SSSR count). The van der Waals surface area contributed by atoms with Gasteiger partial charge in [-0.3, -0.25) is 0 Å². The van der Waals surface area contributed by atoms with Crippen molar-refractivity contribution >= 4 is 5.97 Å². The van der Waals surface area contributed by atoms with Crippen LogP contribution in [0.4, 0.5) is 0 Å². The fourth-order valence-electron chi connectivity index (χ4n) is 2.84. The Kier molecular flexibility index (Phi) is 7.32. The topological polar surface area (TPSA) is 54.0 Å². The molecule has 0 aliphatic rings. The van der Waals surface area contributed by atoms with E-state index in [-0.39, 0.29) is 5.41 Å². The maximum absolute atomic E-state index is 12.9. The Morgan fingerprint density at radius 1 is 0.821 bits per heavy atom. The quantitative estimate of drug-likeness (QED) is 0.449. The molecule has 0 heterocycles. The van der Waals surface area contributed by atoms with E-state index < -0.39 is 5.97 Å². The van der Waals surface area contributed by atoms with Crippen LogP contribution in [0.5, 0.6) is 23.0 Å². The summed E-state index contributed by atoms with van der Waals surface area (Å²) in [4.78, 5) is 12.9. The monoisotopic (exact) mass is 386 g/mol. The van der Waals surface area contributed by atoms with Gasteiger partial charge in [0.2, 0.25) is 5.75 Å². The second kappa shape index (κ2) is 9.49. The number of esters is 1. The van der Waals surface area contributed by atoms with Crippen LogP contribution >= 0.6 is 0 Å². The van der Waals surface area contributed by atoms with Crippen LogP contribution in [0, 0.1) is 0 Å². The number of rotatable bonds is 8. The summed E-state index contributed by atoms with van der Waals surface area (Å²) in [5.41, 5.74) is 1.16. The Morgan fingerprint density at radius 2 is 1.36 bits per heavy atom. The predicted molar refractivity (Wildman–Crippen MR) is 110 cm³/mol. The Bertz CT molecular complexity index is 778. The first kappa shape index (κ1) is 21.6. The smallest absolute Gasteiger partial charge is 0.343 e. The lowest BCUT2D eigenvalue weighted by Crippen LogP contribution is -2.16. The molecule has 2 aromatic rings. The van der Waals surface area contributed by atoms with E-state index in [2.05, 4.69) is 20.8 Å². The van der Waals surface area contributed by atoms with Gasteiger partial charge in [0.1, 0.15) is 5.75 Å². The number of hydrogen-bond acceptors (Lipinski definition) is 5. The Balaban J connectivity index is 2.43. The van der Waals surface area contributed by atoms with Crippen LogP contribution in [0.1, 0.15) is 57.5 Å². The van der Waals surface area contributed by atoms with Crippen molar-refractivity contribution < 1.29 is 23.7 Å². The average molecular weight is 386 g/mol. The zero-order chi connectivity index (χ0) is 20.7. The summed E-state index contributed by atoms with van der Waals surface area (Å²) in [6.45, 7) is 13.2. The minimum Gasteiger partial charge on any atom is -0.490 e. The summed E-state index contributed by atoms with van der Waals surface area (Å²) >= 11 is 0. The number of ether oxygens (including phenoxy) is 4. The molecule has 0 unspecified atom stereocenters. The third-order valence-electron chi connectivity index (χ3n) is 4.04. The van der Waals surface area contributed by atoms with Gasteiger partial charge in [0.05, 0.1) is 25.4 Å². The minimum absolute atomic E-state index is 0.150. The zero-order valence-corrected chi connectivity index (χ0v) is 17.6. The molecule has 5 nitrogen and oxygen atoms in total. The SMILES string of the molecule is CCOc1cc(C(=O)Oc2ccccc2C(C)(C)C)cc(OCC)c1OCC. The van der Waals surface area contributed by atoms with Gasteiger partial charge >= 0.3 is 5.97 Å². The molecular weight excluding hydrogens is 356 g/mol. The van der Waals surface area contributed by atoms with Gasteiger partial charge in [0.25, 0.3) is 0 Å². The molecule has 2 aromatic carbocycles. The number of hydrogen-bond donors (Lipinski definition) is 0. The Hall–Kier alpha value is -2.69. The summed E-state index contributed by atoms with van der Waals surface area (Å²) in [6.07, 6.45) is 0. The van der Waals surface area contributed by atoms with E-state index in [1.165, 1.54) is 0 Å². The molecule has 152 valence electrons. The van der Waals surface area contributed by atoms with Gasteiger partial charge in [-0.05, 0) is 44.4 Å². The standard InChI is InChI=1S/C23H30O5/c1-7-25-19-14-16(15-20(26-8-2)21(19)27-9-3)22(24)28-18-13-11-10-12-17(18)23(4,5)6/h10-15H,7-9H2,1-6H3. The Labute approximate surface area is 167 Å². The van der Waals surface area contributed by atoms with Crippen molar-refractivity contribution in [2.75, 3.05) is 19.8 Å². The van der Waals surface area contributed by atoms with Crippen LogP contribution in [-0.2, 0) is 5.41 Å². The normalized spacial score (nSPS) is 11.1. The molecule has 0 fully saturated rings. The molecule has 0 N–H and O–H groups in total. The van der Waals surface area contributed by atoms with Gasteiger partial charge in [-0.2, -0.15) is 0 Å². The van der Waals surface area contributed by atoms with E-state index in [1.54, 1.807) is 18.2 Å². The predicted octanol–water partition coefficient (Wildman–Crippen LogP) is 5.40. The van der Waals surface area contributed by atoms with Crippen molar-refractivity contribution in [1.82, 2.24) is 0 Å². The van der Waals surface area contributed by atoms with Gasteiger partial charge < -0.3 is 18.9 Å². The summed E-state index contributed by atoms with van der Waals surface area (Å²) in [6, 6.07) is 10.8. The number of benzene rings is 2. The van der Waals surface area contributed by atoms with E-state index in [0.717, 1.165) is 5.56 Å². The van der Waals surface area contributed by atoms with Crippen LogP contribution in [0.3, 0.4) is 0 Å². The molecule has 0 radical (unpaired) electrons. The van der Waals surface area contributed by atoms with Crippen LogP contribution < -0.4 is 18.9 Å². The Morgan fingerprint density at radius 3 is 1.86 bits per heavy atom. The van der Waals surface area contributed by atoms with Gasteiger partial charge in [-0.1, -0.05) is 39.0 Å². The molecule has 0 bridgehead atoms. The number of carbonyl (C=O) groups excluding carboxylic acids is 1. The fourth-order valence-corrected chi connectivity index (χ4v) is 2.84. The van der Waals surface area contributed by atoms with Gasteiger partial charge in [0.15, 0.2) is 11.5 Å². The van der Waals surface area contributed by atoms with Crippen LogP contribution in [0.25, 0.3) is 0 Å². The van der Waals surface area contributed by atoms with Gasteiger partial charge in [0, 0.05) is 5.56 Å². The van der Waals surface area contributed by atoms with Crippen molar-refractivity contribution in [2.45, 2.75) is 47.0 Å². The molecule has 0 aliphatic heterocycles. The highest BCUT2D eigenvalue weighted by molar-refractivity contribution is 5.93. The van der Waals surface area contributed by atoms with Crippen molar-refractivity contribution in [2.24, 2.45) is 0 Å². The average Bonchev–Trinajstić information content (AvgIpc) is 2.64. The molecule has 5 heteroatoms. The second-order valence-electron chi connectivity index (χ2n) is 7.24. The van der Waals surface area contributed by atoms with E-state index in [4.69, 9.17) is 18.9 Å². The van der Waals surface area contributed by atoms with E-state index in [9.17, 15) is 4.79 Å². The summed E-state index contributed by atoms with van der Waals surface area (Å²) in [5.74, 6) is 1.50. The van der Waals surface area contributed by atoms with Crippen molar-refractivity contribution in [1.29, 1.82) is 0 Å². The number of para-hydroxylation sites is 1. The third kappa shape index (κ3) is 5.18. The van der Waals surface area contributed by atoms with Gasteiger partial charge in [-0.15, -0.1) is 0 Å².